The quantitative estimate of drug-likeness (QED) is 0.911. The molecular formula is C20H28N2O3. The molecule has 1 unspecified atom stereocenters. The zero-order valence-electron chi connectivity index (χ0n) is 15.4. The number of likely N-dealkylation sites (tertiary alicyclic amines) is 1. The fraction of sp³-hybridized carbons (Fsp3) is 0.500. The van der Waals surface area contributed by atoms with Gasteiger partial charge in [-0.2, -0.15) is 0 Å². The maximum atomic E-state index is 12.3. The van der Waals surface area contributed by atoms with Crippen LogP contribution in [0.4, 0.5) is 4.79 Å². The van der Waals surface area contributed by atoms with Gasteiger partial charge in [-0.25, -0.2) is 4.79 Å². The lowest BCUT2D eigenvalue weighted by Gasteiger charge is -2.34. The van der Waals surface area contributed by atoms with E-state index in [0.717, 1.165) is 24.0 Å². The maximum Gasteiger partial charge on any atom is 0.410 e. The van der Waals surface area contributed by atoms with E-state index in [0.29, 0.717) is 19.5 Å². The summed E-state index contributed by atoms with van der Waals surface area (Å²) in [5.41, 5.74) is 1.44. The fourth-order valence-electron chi connectivity index (χ4n) is 2.88. The minimum absolute atomic E-state index is 0.0303. The van der Waals surface area contributed by atoms with E-state index in [4.69, 9.17) is 4.74 Å². The lowest BCUT2D eigenvalue weighted by Crippen LogP contribution is -2.50. The first-order valence-corrected chi connectivity index (χ1v) is 8.75. The van der Waals surface area contributed by atoms with Crippen LogP contribution in [0.5, 0.6) is 0 Å². The van der Waals surface area contributed by atoms with Gasteiger partial charge in [0.05, 0.1) is 6.42 Å². The van der Waals surface area contributed by atoms with E-state index < -0.39 is 5.60 Å². The molecular weight excluding hydrogens is 316 g/mol. The van der Waals surface area contributed by atoms with Crippen molar-refractivity contribution in [2.75, 3.05) is 13.1 Å². The van der Waals surface area contributed by atoms with E-state index >= 15 is 0 Å². The molecule has 0 aliphatic carbocycles. The zero-order valence-corrected chi connectivity index (χ0v) is 15.4. The van der Waals surface area contributed by atoms with E-state index in [9.17, 15) is 9.59 Å². The van der Waals surface area contributed by atoms with Crippen LogP contribution in [0, 0.1) is 0 Å². The molecule has 1 N–H and O–H groups in total. The number of ether oxygens (including phenoxy) is 1. The third-order valence-electron chi connectivity index (χ3n) is 3.99. The topological polar surface area (TPSA) is 58.6 Å². The van der Waals surface area contributed by atoms with Gasteiger partial charge in [0, 0.05) is 19.1 Å². The average molecular weight is 344 g/mol. The third kappa shape index (κ3) is 6.25. The van der Waals surface area contributed by atoms with E-state index in [1.165, 1.54) is 0 Å². The number of hydrogen-bond acceptors (Lipinski definition) is 3. The summed E-state index contributed by atoms with van der Waals surface area (Å²) in [6.45, 7) is 10.5. The first kappa shape index (κ1) is 19.0. The minimum Gasteiger partial charge on any atom is -0.444 e. The van der Waals surface area contributed by atoms with E-state index in [2.05, 4.69) is 11.9 Å². The van der Waals surface area contributed by atoms with Crippen molar-refractivity contribution >= 4 is 18.1 Å². The summed E-state index contributed by atoms with van der Waals surface area (Å²) in [6, 6.07) is 7.73. The van der Waals surface area contributed by atoms with Crippen LogP contribution >= 0.6 is 0 Å². The van der Waals surface area contributed by atoms with Gasteiger partial charge in [-0.3, -0.25) is 4.79 Å². The Morgan fingerprint density at radius 1 is 1.40 bits per heavy atom. The van der Waals surface area contributed by atoms with Crippen LogP contribution in [0.2, 0.25) is 0 Å². The van der Waals surface area contributed by atoms with Crippen LogP contribution in [-0.2, 0) is 16.0 Å². The number of hydrogen-bond donors (Lipinski definition) is 1. The summed E-state index contributed by atoms with van der Waals surface area (Å²) >= 11 is 0. The standard InChI is InChI=1S/C20H28N2O3/c1-5-15-8-6-9-16(12-15)13-18(23)21-17-10-7-11-22(14-17)19(24)25-20(2,3)4/h5-6,8-9,12,17H,1,7,10-11,13-14H2,2-4H3,(H,21,23). The van der Waals surface area contributed by atoms with Gasteiger partial charge in [0.15, 0.2) is 0 Å². The fourth-order valence-corrected chi connectivity index (χ4v) is 2.88. The van der Waals surface area contributed by atoms with Crippen molar-refractivity contribution < 1.29 is 14.3 Å². The Labute approximate surface area is 150 Å². The van der Waals surface area contributed by atoms with Gasteiger partial charge in [-0.05, 0) is 44.7 Å². The normalized spacial score (nSPS) is 17.7. The van der Waals surface area contributed by atoms with E-state index in [1.54, 1.807) is 11.0 Å². The van der Waals surface area contributed by atoms with E-state index in [1.807, 2.05) is 45.0 Å². The van der Waals surface area contributed by atoms with E-state index in [-0.39, 0.29) is 18.0 Å². The number of piperidine rings is 1. The second-order valence-corrected chi connectivity index (χ2v) is 7.46. The van der Waals surface area contributed by atoms with Gasteiger partial charge >= 0.3 is 6.09 Å². The van der Waals surface area contributed by atoms with Crippen LogP contribution < -0.4 is 5.32 Å². The SMILES string of the molecule is C=Cc1cccc(CC(=O)NC2CCCN(C(=O)OC(C)(C)C)C2)c1. The summed E-state index contributed by atoms with van der Waals surface area (Å²) in [4.78, 5) is 26.2. The Kier molecular flexibility index (Phi) is 6.23. The van der Waals surface area contributed by atoms with Crippen molar-refractivity contribution in [3.8, 4) is 0 Å². The monoisotopic (exact) mass is 344 g/mol. The van der Waals surface area contributed by atoms with Crippen LogP contribution in [0.15, 0.2) is 30.8 Å². The summed E-state index contributed by atoms with van der Waals surface area (Å²) in [7, 11) is 0. The predicted octanol–water partition coefficient (Wildman–Crippen LogP) is 3.39. The molecule has 1 aliphatic heterocycles. The largest absolute Gasteiger partial charge is 0.444 e. The number of carbonyl (C=O) groups is 2. The molecule has 0 spiro atoms. The molecule has 2 amide bonds. The van der Waals surface area contributed by atoms with Crippen LogP contribution in [0.1, 0.15) is 44.7 Å². The highest BCUT2D eigenvalue weighted by Crippen LogP contribution is 2.16. The van der Waals surface area contributed by atoms with Crippen molar-refractivity contribution in [1.29, 1.82) is 0 Å². The Balaban J connectivity index is 1.87. The van der Waals surface area contributed by atoms with Gasteiger partial charge in [0.1, 0.15) is 5.60 Å². The van der Waals surface area contributed by atoms with Gasteiger partial charge in [-0.15, -0.1) is 0 Å². The smallest absolute Gasteiger partial charge is 0.410 e. The summed E-state index contributed by atoms with van der Waals surface area (Å²) in [5.74, 6) is -0.0303. The molecule has 1 aromatic carbocycles. The van der Waals surface area contributed by atoms with Crippen molar-refractivity contribution in [3.05, 3.63) is 42.0 Å². The molecule has 0 radical (unpaired) electrons. The molecule has 1 heterocycles. The predicted molar refractivity (Wildman–Crippen MR) is 99.2 cm³/mol. The molecule has 1 saturated heterocycles. The van der Waals surface area contributed by atoms with Gasteiger partial charge in [0.25, 0.3) is 0 Å². The van der Waals surface area contributed by atoms with Crippen molar-refractivity contribution in [2.45, 2.75) is 51.7 Å². The molecule has 1 atom stereocenters. The van der Waals surface area contributed by atoms with Crippen LogP contribution in [-0.4, -0.2) is 41.6 Å². The number of nitrogens with one attached hydrogen (secondary N) is 1. The molecule has 0 aromatic heterocycles. The third-order valence-corrected chi connectivity index (χ3v) is 3.99. The molecule has 1 aliphatic rings. The summed E-state index contributed by atoms with van der Waals surface area (Å²) < 4.78 is 5.42. The molecule has 2 rings (SSSR count). The molecule has 1 aromatic rings. The van der Waals surface area contributed by atoms with Crippen LogP contribution in [0.3, 0.4) is 0 Å². The first-order chi connectivity index (χ1) is 11.8. The summed E-state index contributed by atoms with van der Waals surface area (Å²) in [6.07, 6.45) is 3.50. The van der Waals surface area contributed by atoms with Crippen molar-refractivity contribution in [2.24, 2.45) is 0 Å². The lowest BCUT2D eigenvalue weighted by atomic mass is 10.0. The Morgan fingerprint density at radius 2 is 2.16 bits per heavy atom. The highest BCUT2D eigenvalue weighted by molar-refractivity contribution is 5.79. The number of carbonyl (C=O) groups excluding carboxylic acids is 2. The highest BCUT2D eigenvalue weighted by Gasteiger charge is 2.28. The second-order valence-electron chi connectivity index (χ2n) is 7.46. The molecule has 1 fully saturated rings. The van der Waals surface area contributed by atoms with Gasteiger partial charge < -0.3 is 15.0 Å². The zero-order chi connectivity index (χ0) is 18.4. The average Bonchev–Trinajstić information content (AvgIpc) is 2.53. The highest BCUT2D eigenvalue weighted by atomic mass is 16.6. The van der Waals surface area contributed by atoms with Gasteiger partial charge in [0.2, 0.25) is 5.91 Å². The first-order valence-electron chi connectivity index (χ1n) is 8.75. The van der Waals surface area contributed by atoms with Crippen molar-refractivity contribution in [3.63, 3.8) is 0 Å². The Hall–Kier alpha value is -2.30. The molecule has 25 heavy (non-hydrogen) atoms. The Morgan fingerprint density at radius 3 is 2.84 bits per heavy atom. The molecule has 0 saturated carbocycles. The number of benzene rings is 1. The van der Waals surface area contributed by atoms with Crippen molar-refractivity contribution in [1.82, 2.24) is 10.2 Å². The van der Waals surface area contributed by atoms with Crippen LogP contribution in [0.25, 0.3) is 6.08 Å². The summed E-state index contributed by atoms with van der Waals surface area (Å²) in [5, 5.41) is 3.04. The molecule has 0 bridgehead atoms. The number of amides is 2. The number of nitrogens with zero attached hydrogens (tertiary/aromatic N) is 1. The molecule has 5 heteroatoms. The Bertz CT molecular complexity index is 634. The minimum atomic E-state index is -0.510. The molecule has 136 valence electrons. The second kappa shape index (κ2) is 8.19. The molecule has 5 nitrogen and oxygen atoms in total. The number of rotatable bonds is 4. The lowest BCUT2D eigenvalue weighted by molar-refractivity contribution is -0.121. The van der Waals surface area contributed by atoms with Gasteiger partial charge in [-0.1, -0.05) is 36.9 Å². The maximum absolute atomic E-state index is 12.3.